The number of halogens is 2. The standard InChI is InChI=1S/C36H39Br2N3O5S/c1-5-26(3)39-36(43)33(21-27-10-7-6-8-11-27)40(23-28-12-9-13-29(37)20-28)35(42)24-41(30-16-14-25(2)15-17-30)47(44,45)31-18-19-34(46-4)32(38)22-31/h6-20,22,26,33H,5,21,23-24H2,1-4H3,(H,39,43)/t26-,33+/m1/s1. The number of nitrogens with one attached hydrogen (secondary N) is 1. The van der Waals surface area contributed by atoms with Crippen molar-refractivity contribution < 1.29 is 22.7 Å². The second-order valence-corrected chi connectivity index (χ2v) is 15.0. The fourth-order valence-corrected chi connectivity index (χ4v) is 7.58. The first-order chi connectivity index (χ1) is 22.4. The van der Waals surface area contributed by atoms with Gasteiger partial charge < -0.3 is 15.0 Å². The fraction of sp³-hybridized carbons (Fsp3) is 0.278. The van der Waals surface area contributed by atoms with E-state index in [1.54, 1.807) is 30.3 Å². The van der Waals surface area contributed by atoms with Gasteiger partial charge in [-0.15, -0.1) is 0 Å². The summed E-state index contributed by atoms with van der Waals surface area (Å²) >= 11 is 6.90. The van der Waals surface area contributed by atoms with Gasteiger partial charge in [0.05, 0.1) is 22.2 Å². The van der Waals surface area contributed by atoms with Crippen molar-refractivity contribution in [2.45, 2.75) is 57.1 Å². The first-order valence-electron chi connectivity index (χ1n) is 15.2. The molecular formula is C36H39Br2N3O5S. The Labute approximate surface area is 294 Å². The largest absolute Gasteiger partial charge is 0.496 e. The van der Waals surface area contributed by atoms with Gasteiger partial charge in [0.15, 0.2) is 0 Å². The van der Waals surface area contributed by atoms with Crippen LogP contribution in [0.5, 0.6) is 5.75 Å². The van der Waals surface area contributed by atoms with Gasteiger partial charge in [-0.1, -0.05) is 83.0 Å². The Morgan fingerprint density at radius 3 is 2.19 bits per heavy atom. The molecule has 1 N–H and O–H groups in total. The Morgan fingerprint density at radius 2 is 1.57 bits per heavy atom. The van der Waals surface area contributed by atoms with E-state index in [-0.39, 0.29) is 29.8 Å². The molecule has 2 amide bonds. The second-order valence-electron chi connectivity index (χ2n) is 11.3. The number of amides is 2. The highest BCUT2D eigenvalue weighted by atomic mass is 79.9. The smallest absolute Gasteiger partial charge is 0.264 e. The van der Waals surface area contributed by atoms with Crippen LogP contribution < -0.4 is 14.4 Å². The lowest BCUT2D eigenvalue weighted by molar-refractivity contribution is -0.140. The summed E-state index contributed by atoms with van der Waals surface area (Å²) < 4.78 is 36.3. The molecule has 0 heterocycles. The molecule has 0 aromatic heterocycles. The number of anilines is 1. The van der Waals surface area contributed by atoms with Gasteiger partial charge in [-0.25, -0.2) is 8.42 Å². The molecule has 0 aliphatic heterocycles. The van der Waals surface area contributed by atoms with Crippen LogP contribution in [0, 0.1) is 6.92 Å². The van der Waals surface area contributed by atoms with Crippen LogP contribution in [-0.4, -0.2) is 50.9 Å². The highest BCUT2D eigenvalue weighted by molar-refractivity contribution is 9.10. The average Bonchev–Trinajstić information content (AvgIpc) is 3.05. The molecule has 8 nitrogen and oxygen atoms in total. The summed E-state index contributed by atoms with van der Waals surface area (Å²) in [5.41, 5.74) is 2.91. The van der Waals surface area contributed by atoms with Crippen LogP contribution >= 0.6 is 31.9 Å². The topological polar surface area (TPSA) is 96.0 Å². The number of ether oxygens (including phenoxy) is 1. The van der Waals surface area contributed by atoms with Crippen molar-refractivity contribution in [2.75, 3.05) is 18.0 Å². The van der Waals surface area contributed by atoms with Crippen molar-refractivity contribution >= 4 is 59.4 Å². The molecule has 0 bridgehead atoms. The molecule has 0 saturated heterocycles. The van der Waals surface area contributed by atoms with Crippen LogP contribution in [0.15, 0.2) is 111 Å². The lowest BCUT2D eigenvalue weighted by Gasteiger charge is -2.34. The minimum absolute atomic E-state index is 0.0209. The molecule has 4 aromatic carbocycles. The molecule has 248 valence electrons. The Morgan fingerprint density at radius 1 is 0.894 bits per heavy atom. The monoisotopic (exact) mass is 783 g/mol. The Bertz CT molecular complexity index is 1790. The molecule has 0 aliphatic rings. The molecular weight excluding hydrogens is 746 g/mol. The van der Waals surface area contributed by atoms with Crippen molar-refractivity contribution in [3.63, 3.8) is 0 Å². The summed E-state index contributed by atoms with van der Waals surface area (Å²) in [4.78, 5) is 30.1. The van der Waals surface area contributed by atoms with E-state index in [2.05, 4.69) is 37.2 Å². The lowest BCUT2D eigenvalue weighted by Crippen LogP contribution is -2.54. The highest BCUT2D eigenvalue weighted by Crippen LogP contribution is 2.31. The van der Waals surface area contributed by atoms with Crippen LogP contribution in [0.25, 0.3) is 0 Å². The van der Waals surface area contributed by atoms with E-state index in [1.165, 1.54) is 24.1 Å². The Balaban J connectivity index is 1.82. The van der Waals surface area contributed by atoms with Gasteiger partial charge in [0.25, 0.3) is 10.0 Å². The van der Waals surface area contributed by atoms with Crippen molar-refractivity contribution in [2.24, 2.45) is 0 Å². The lowest BCUT2D eigenvalue weighted by atomic mass is 10.0. The maximum Gasteiger partial charge on any atom is 0.264 e. The van der Waals surface area contributed by atoms with Gasteiger partial charge in [0.1, 0.15) is 18.3 Å². The van der Waals surface area contributed by atoms with E-state index >= 15 is 0 Å². The number of rotatable bonds is 14. The second kappa shape index (κ2) is 16.4. The third-order valence-electron chi connectivity index (χ3n) is 7.83. The van der Waals surface area contributed by atoms with Gasteiger partial charge in [0, 0.05) is 23.5 Å². The molecule has 4 rings (SSSR count). The van der Waals surface area contributed by atoms with Crippen molar-refractivity contribution in [1.82, 2.24) is 10.2 Å². The molecule has 0 fully saturated rings. The van der Waals surface area contributed by atoms with Crippen LogP contribution in [0.3, 0.4) is 0 Å². The van der Waals surface area contributed by atoms with Gasteiger partial charge in [0.2, 0.25) is 11.8 Å². The van der Waals surface area contributed by atoms with E-state index in [9.17, 15) is 18.0 Å². The van der Waals surface area contributed by atoms with E-state index in [4.69, 9.17) is 4.74 Å². The maximum atomic E-state index is 14.6. The molecule has 0 aliphatic carbocycles. The Hall–Kier alpha value is -3.67. The molecule has 2 atom stereocenters. The van der Waals surface area contributed by atoms with Crippen LogP contribution in [0.2, 0.25) is 0 Å². The first-order valence-corrected chi connectivity index (χ1v) is 18.3. The number of carbonyl (C=O) groups is 2. The van der Waals surface area contributed by atoms with Gasteiger partial charge in [-0.3, -0.25) is 13.9 Å². The summed E-state index contributed by atoms with van der Waals surface area (Å²) in [5, 5.41) is 3.06. The summed E-state index contributed by atoms with van der Waals surface area (Å²) in [6, 6.07) is 27.3. The quantitative estimate of drug-likeness (QED) is 0.145. The van der Waals surface area contributed by atoms with Gasteiger partial charge in [-0.05, 0) is 89.8 Å². The normalized spacial score (nSPS) is 12.6. The molecule has 0 spiro atoms. The minimum atomic E-state index is -4.26. The SMILES string of the molecule is CC[C@@H](C)NC(=O)[C@H](Cc1ccccc1)N(Cc1cccc(Br)c1)C(=O)CN(c1ccc(C)cc1)S(=O)(=O)c1ccc(OC)c(Br)c1. The zero-order chi connectivity index (χ0) is 34.1. The van der Waals surface area contributed by atoms with Crippen LogP contribution in [0.1, 0.15) is 37.0 Å². The zero-order valence-corrected chi connectivity index (χ0v) is 30.8. The van der Waals surface area contributed by atoms with Gasteiger partial charge in [-0.2, -0.15) is 0 Å². The number of nitrogens with zero attached hydrogens (tertiary/aromatic N) is 2. The van der Waals surface area contributed by atoms with Crippen LogP contribution in [0.4, 0.5) is 5.69 Å². The summed E-state index contributed by atoms with van der Waals surface area (Å²) in [7, 11) is -2.76. The zero-order valence-electron chi connectivity index (χ0n) is 26.8. The van der Waals surface area contributed by atoms with E-state index < -0.39 is 28.5 Å². The number of hydrogen-bond donors (Lipinski definition) is 1. The van der Waals surface area contributed by atoms with Crippen molar-refractivity contribution in [3.8, 4) is 5.75 Å². The number of carbonyl (C=O) groups excluding carboxylic acids is 2. The predicted molar refractivity (Wildman–Crippen MR) is 193 cm³/mol. The van der Waals surface area contributed by atoms with E-state index in [0.717, 1.165) is 25.5 Å². The number of benzene rings is 4. The maximum absolute atomic E-state index is 14.6. The van der Waals surface area contributed by atoms with Crippen LogP contribution in [-0.2, 0) is 32.6 Å². The number of sulfonamides is 1. The molecule has 0 radical (unpaired) electrons. The highest BCUT2D eigenvalue weighted by Gasteiger charge is 2.35. The molecule has 0 unspecified atom stereocenters. The molecule has 0 saturated carbocycles. The summed E-state index contributed by atoms with van der Waals surface area (Å²) in [6.45, 7) is 5.34. The number of methoxy groups -OCH3 is 1. The molecule has 11 heteroatoms. The third kappa shape index (κ3) is 9.46. The third-order valence-corrected chi connectivity index (χ3v) is 10.7. The summed E-state index contributed by atoms with van der Waals surface area (Å²) in [6.07, 6.45) is 0.950. The van der Waals surface area contributed by atoms with Crippen molar-refractivity contribution in [3.05, 3.63) is 123 Å². The number of aryl methyl sites for hydroxylation is 1. The first kappa shape index (κ1) is 36.2. The molecule has 4 aromatic rings. The van der Waals surface area contributed by atoms with Gasteiger partial charge >= 0.3 is 0 Å². The van der Waals surface area contributed by atoms with E-state index in [1.807, 2.05) is 75.4 Å². The predicted octanol–water partition coefficient (Wildman–Crippen LogP) is 7.28. The average molecular weight is 786 g/mol. The molecule has 47 heavy (non-hydrogen) atoms. The number of hydrogen-bond acceptors (Lipinski definition) is 5. The minimum Gasteiger partial charge on any atom is -0.496 e. The van der Waals surface area contributed by atoms with Crippen molar-refractivity contribution in [1.29, 1.82) is 0 Å². The summed E-state index contributed by atoms with van der Waals surface area (Å²) in [5.74, 6) is -0.365. The Kier molecular flexibility index (Phi) is 12.6. The fourth-order valence-electron chi connectivity index (χ4n) is 5.00. The van der Waals surface area contributed by atoms with E-state index in [0.29, 0.717) is 22.3 Å².